The molecular formula is C15H15NO3S. The fourth-order valence-corrected chi connectivity index (χ4v) is 2.47. The summed E-state index contributed by atoms with van der Waals surface area (Å²) in [7, 11) is -3.25. The molecule has 2 aromatic rings. The number of rotatable bonds is 3. The van der Waals surface area contributed by atoms with Gasteiger partial charge in [-0.1, -0.05) is 0 Å². The molecule has 0 bridgehead atoms. The summed E-state index contributed by atoms with van der Waals surface area (Å²) < 4.78 is 22.7. The van der Waals surface area contributed by atoms with Crippen LogP contribution >= 0.6 is 0 Å². The normalized spacial score (nSPS) is 11.3. The number of benzene rings is 2. The number of hydrogen-bond acceptors (Lipinski definition) is 4. The molecule has 0 fully saturated rings. The second kappa shape index (κ2) is 5.09. The number of nitrogen functional groups attached to an aromatic ring is 1. The number of nitrogens with two attached hydrogens (primary N) is 1. The molecule has 0 heterocycles. The Bertz CT molecular complexity index is 762. The Morgan fingerprint density at radius 1 is 1.00 bits per heavy atom. The topological polar surface area (TPSA) is 77.2 Å². The fourth-order valence-electron chi connectivity index (χ4n) is 1.84. The highest BCUT2D eigenvalue weighted by molar-refractivity contribution is 7.90. The SMILES string of the molecule is Cc1cc(C(=O)c2ccc(S(C)(=O)=O)cc2)ccc1N. The maximum atomic E-state index is 12.3. The highest BCUT2D eigenvalue weighted by Crippen LogP contribution is 2.17. The molecule has 0 unspecified atom stereocenters. The van der Waals surface area contributed by atoms with Crippen LogP contribution in [0, 0.1) is 6.92 Å². The van der Waals surface area contributed by atoms with Gasteiger partial charge >= 0.3 is 0 Å². The smallest absolute Gasteiger partial charge is 0.193 e. The monoisotopic (exact) mass is 289 g/mol. The minimum absolute atomic E-state index is 0.159. The Kier molecular flexibility index (Phi) is 3.63. The molecule has 4 nitrogen and oxygen atoms in total. The van der Waals surface area contributed by atoms with E-state index in [0.717, 1.165) is 11.8 Å². The zero-order chi connectivity index (χ0) is 14.9. The first kappa shape index (κ1) is 14.3. The minimum atomic E-state index is -3.25. The van der Waals surface area contributed by atoms with Crippen LogP contribution in [0.4, 0.5) is 5.69 Å². The molecule has 20 heavy (non-hydrogen) atoms. The quantitative estimate of drug-likeness (QED) is 0.694. The lowest BCUT2D eigenvalue weighted by atomic mass is 10.0. The standard InChI is InChI=1S/C15H15NO3S/c1-10-9-12(5-8-14(10)16)15(17)11-3-6-13(7-4-11)20(2,18)19/h3-9H,16H2,1-2H3. The number of carbonyl (C=O) groups is 1. The molecule has 0 amide bonds. The van der Waals surface area contributed by atoms with Crippen molar-refractivity contribution in [2.75, 3.05) is 12.0 Å². The van der Waals surface area contributed by atoms with Crippen LogP contribution in [0.25, 0.3) is 0 Å². The third-order valence-corrected chi connectivity index (χ3v) is 4.21. The first-order valence-electron chi connectivity index (χ1n) is 6.00. The van der Waals surface area contributed by atoms with Gasteiger partial charge in [-0.05, 0) is 55.0 Å². The Morgan fingerprint density at radius 3 is 2.05 bits per heavy atom. The van der Waals surface area contributed by atoms with Crippen molar-refractivity contribution in [3.63, 3.8) is 0 Å². The van der Waals surface area contributed by atoms with Gasteiger partial charge in [0.15, 0.2) is 15.6 Å². The highest BCUT2D eigenvalue weighted by Gasteiger charge is 2.12. The summed E-state index contributed by atoms with van der Waals surface area (Å²) in [6.45, 7) is 1.83. The van der Waals surface area contributed by atoms with E-state index in [-0.39, 0.29) is 10.7 Å². The number of ketones is 1. The van der Waals surface area contributed by atoms with E-state index in [1.165, 1.54) is 24.3 Å². The van der Waals surface area contributed by atoms with Gasteiger partial charge in [0, 0.05) is 23.1 Å². The largest absolute Gasteiger partial charge is 0.399 e. The van der Waals surface area contributed by atoms with Crippen LogP contribution in [-0.4, -0.2) is 20.5 Å². The van der Waals surface area contributed by atoms with Gasteiger partial charge in [0.1, 0.15) is 0 Å². The summed E-state index contributed by atoms with van der Waals surface area (Å²) in [6.07, 6.45) is 1.13. The molecule has 0 saturated heterocycles. The van der Waals surface area contributed by atoms with E-state index < -0.39 is 9.84 Å². The lowest BCUT2D eigenvalue weighted by Crippen LogP contribution is -2.04. The lowest BCUT2D eigenvalue weighted by molar-refractivity contribution is 0.103. The lowest BCUT2D eigenvalue weighted by Gasteiger charge is -2.05. The van der Waals surface area contributed by atoms with Gasteiger partial charge in [-0.25, -0.2) is 8.42 Å². The predicted octanol–water partition coefficient (Wildman–Crippen LogP) is 2.21. The zero-order valence-electron chi connectivity index (χ0n) is 11.3. The van der Waals surface area contributed by atoms with Crippen LogP contribution in [0.3, 0.4) is 0 Å². The van der Waals surface area contributed by atoms with E-state index in [2.05, 4.69) is 0 Å². The van der Waals surface area contributed by atoms with Crippen LogP contribution in [0.5, 0.6) is 0 Å². The summed E-state index contributed by atoms with van der Waals surface area (Å²) in [5.74, 6) is -0.159. The van der Waals surface area contributed by atoms with E-state index in [0.29, 0.717) is 16.8 Å². The van der Waals surface area contributed by atoms with Crippen molar-refractivity contribution in [3.8, 4) is 0 Å². The number of aryl methyl sites for hydroxylation is 1. The third-order valence-electron chi connectivity index (χ3n) is 3.08. The molecule has 5 heteroatoms. The average molecular weight is 289 g/mol. The zero-order valence-corrected chi connectivity index (χ0v) is 12.1. The fraction of sp³-hybridized carbons (Fsp3) is 0.133. The predicted molar refractivity (Wildman–Crippen MR) is 78.6 cm³/mol. The van der Waals surface area contributed by atoms with Crippen LogP contribution in [0.2, 0.25) is 0 Å². The highest BCUT2D eigenvalue weighted by atomic mass is 32.2. The van der Waals surface area contributed by atoms with Gasteiger partial charge in [-0.2, -0.15) is 0 Å². The van der Waals surface area contributed by atoms with E-state index in [9.17, 15) is 13.2 Å². The summed E-state index contributed by atoms with van der Waals surface area (Å²) >= 11 is 0. The maximum Gasteiger partial charge on any atom is 0.193 e. The summed E-state index contributed by atoms with van der Waals surface area (Å²) in [6, 6.07) is 11.0. The molecule has 0 radical (unpaired) electrons. The Labute approximate surface area is 118 Å². The van der Waals surface area contributed by atoms with Crippen molar-refractivity contribution in [2.45, 2.75) is 11.8 Å². The van der Waals surface area contributed by atoms with Crippen molar-refractivity contribution < 1.29 is 13.2 Å². The molecule has 0 atom stereocenters. The molecule has 104 valence electrons. The second-order valence-electron chi connectivity index (χ2n) is 4.70. The molecule has 0 aliphatic heterocycles. The van der Waals surface area contributed by atoms with Crippen LogP contribution < -0.4 is 5.73 Å². The van der Waals surface area contributed by atoms with Crippen molar-refractivity contribution in [3.05, 3.63) is 59.2 Å². The number of hydrogen-bond donors (Lipinski definition) is 1. The van der Waals surface area contributed by atoms with Gasteiger partial charge in [0.25, 0.3) is 0 Å². The van der Waals surface area contributed by atoms with Crippen molar-refractivity contribution in [2.24, 2.45) is 0 Å². The first-order chi connectivity index (χ1) is 9.29. The minimum Gasteiger partial charge on any atom is -0.399 e. The average Bonchev–Trinajstić information content (AvgIpc) is 2.40. The van der Waals surface area contributed by atoms with E-state index in [1.54, 1.807) is 18.2 Å². The van der Waals surface area contributed by atoms with Crippen LogP contribution in [0.1, 0.15) is 21.5 Å². The molecular weight excluding hydrogens is 274 g/mol. The summed E-state index contributed by atoms with van der Waals surface area (Å²) in [5, 5.41) is 0. The summed E-state index contributed by atoms with van der Waals surface area (Å²) in [4.78, 5) is 12.5. The molecule has 0 saturated carbocycles. The molecule has 0 aromatic heterocycles. The van der Waals surface area contributed by atoms with E-state index in [4.69, 9.17) is 5.73 Å². The van der Waals surface area contributed by atoms with Gasteiger partial charge in [-0.15, -0.1) is 0 Å². The van der Waals surface area contributed by atoms with Crippen LogP contribution in [0.15, 0.2) is 47.4 Å². The van der Waals surface area contributed by atoms with Gasteiger partial charge in [0.2, 0.25) is 0 Å². The summed E-state index contributed by atoms with van der Waals surface area (Å²) in [5.41, 5.74) is 8.16. The first-order valence-corrected chi connectivity index (χ1v) is 7.89. The number of anilines is 1. The van der Waals surface area contributed by atoms with Crippen LogP contribution in [-0.2, 0) is 9.84 Å². The van der Waals surface area contributed by atoms with Gasteiger partial charge in [-0.3, -0.25) is 4.79 Å². The van der Waals surface area contributed by atoms with E-state index >= 15 is 0 Å². The third kappa shape index (κ3) is 2.88. The van der Waals surface area contributed by atoms with Crippen molar-refractivity contribution in [1.29, 1.82) is 0 Å². The number of carbonyl (C=O) groups excluding carboxylic acids is 1. The maximum absolute atomic E-state index is 12.3. The molecule has 0 spiro atoms. The molecule has 2 aromatic carbocycles. The number of sulfone groups is 1. The van der Waals surface area contributed by atoms with Crippen molar-refractivity contribution >= 4 is 21.3 Å². The Balaban J connectivity index is 2.36. The molecule has 0 aliphatic rings. The molecule has 2 N–H and O–H groups in total. The van der Waals surface area contributed by atoms with Gasteiger partial charge in [0.05, 0.1) is 4.90 Å². The molecule has 0 aliphatic carbocycles. The Hall–Kier alpha value is -2.14. The van der Waals surface area contributed by atoms with Gasteiger partial charge < -0.3 is 5.73 Å². The molecule has 2 rings (SSSR count). The van der Waals surface area contributed by atoms with Crippen molar-refractivity contribution in [1.82, 2.24) is 0 Å². The second-order valence-corrected chi connectivity index (χ2v) is 6.71. The Morgan fingerprint density at radius 2 is 1.55 bits per heavy atom. The van der Waals surface area contributed by atoms with E-state index in [1.807, 2.05) is 6.92 Å².